The van der Waals surface area contributed by atoms with Gasteiger partial charge in [-0.2, -0.15) is 0 Å². The van der Waals surface area contributed by atoms with Crippen molar-refractivity contribution in [2.45, 2.75) is 26.7 Å². The van der Waals surface area contributed by atoms with Crippen LogP contribution < -0.4 is 0 Å². The molecular weight excluding hydrogens is 344 g/mol. The molecule has 0 saturated carbocycles. The molecule has 0 aliphatic carbocycles. The zero-order chi connectivity index (χ0) is 18.6. The summed E-state index contributed by atoms with van der Waals surface area (Å²) in [7, 11) is 0. The first kappa shape index (κ1) is 17.8. The Morgan fingerprint density at radius 3 is 1.96 bits per heavy atom. The molecule has 0 aliphatic rings. The third-order valence-corrected chi connectivity index (χ3v) is 6.41. The number of hydrogen-bond donors (Lipinski definition) is 0. The summed E-state index contributed by atoms with van der Waals surface area (Å²) in [5, 5.41) is 0. The second-order valence-corrected chi connectivity index (χ2v) is 8.17. The van der Waals surface area contributed by atoms with Gasteiger partial charge in [-0.3, -0.25) is 0 Å². The smallest absolute Gasteiger partial charge is 0.0381 e. The van der Waals surface area contributed by atoms with Crippen molar-refractivity contribution < 1.29 is 0 Å². The van der Waals surface area contributed by atoms with Crippen LogP contribution in [-0.4, -0.2) is 0 Å². The van der Waals surface area contributed by atoms with Gasteiger partial charge in [0.05, 0.1) is 0 Å². The summed E-state index contributed by atoms with van der Waals surface area (Å²) in [4.78, 5) is 2.73. The molecule has 0 atom stereocenters. The van der Waals surface area contributed by atoms with E-state index in [1.807, 2.05) is 11.3 Å². The standard InChI is InChI=1S/C26H24S/c1-19-8-6-7-11-24(19)26-20(2)18-25(27-26)23-16-14-22(15-17-23)13-12-21-9-4-3-5-10-21/h3-11,14-18H,12-13H2,1-2H3. The van der Waals surface area contributed by atoms with E-state index in [2.05, 4.69) is 98.8 Å². The Kier molecular flexibility index (Phi) is 5.22. The Morgan fingerprint density at radius 2 is 1.26 bits per heavy atom. The van der Waals surface area contributed by atoms with Crippen LogP contribution in [0.15, 0.2) is 84.9 Å². The summed E-state index contributed by atoms with van der Waals surface area (Å²) >= 11 is 1.90. The normalized spacial score (nSPS) is 10.9. The van der Waals surface area contributed by atoms with Gasteiger partial charge in [0.1, 0.15) is 0 Å². The van der Waals surface area contributed by atoms with Crippen LogP contribution in [0, 0.1) is 13.8 Å². The topological polar surface area (TPSA) is 0 Å². The fraction of sp³-hybridized carbons (Fsp3) is 0.154. The number of thiophene rings is 1. The quantitative estimate of drug-likeness (QED) is 0.342. The summed E-state index contributed by atoms with van der Waals surface area (Å²) in [5.41, 5.74) is 8.16. The Morgan fingerprint density at radius 1 is 0.630 bits per heavy atom. The monoisotopic (exact) mass is 368 g/mol. The van der Waals surface area contributed by atoms with Crippen LogP contribution in [0.3, 0.4) is 0 Å². The van der Waals surface area contributed by atoms with Gasteiger partial charge in [0.15, 0.2) is 0 Å². The number of hydrogen-bond acceptors (Lipinski definition) is 1. The van der Waals surface area contributed by atoms with E-state index in [0.717, 1.165) is 12.8 Å². The molecule has 0 amide bonds. The first-order chi connectivity index (χ1) is 13.2. The van der Waals surface area contributed by atoms with Crippen molar-refractivity contribution in [2.24, 2.45) is 0 Å². The fourth-order valence-electron chi connectivity index (χ4n) is 3.49. The average molecular weight is 369 g/mol. The molecule has 4 aromatic rings. The van der Waals surface area contributed by atoms with Gasteiger partial charge in [-0.1, -0.05) is 78.9 Å². The van der Waals surface area contributed by atoms with Crippen LogP contribution in [0.25, 0.3) is 20.9 Å². The maximum atomic E-state index is 2.32. The molecule has 1 aromatic heterocycles. The number of aryl methyl sites for hydroxylation is 4. The van der Waals surface area contributed by atoms with Gasteiger partial charge in [0.2, 0.25) is 0 Å². The highest BCUT2D eigenvalue weighted by molar-refractivity contribution is 7.19. The van der Waals surface area contributed by atoms with Gasteiger partial charge in [-0.05, 0) is 66.1 Å². The zero-order valence-corrected chi connectivity index (χ0v) is 16.7. The molecule has 0 saturated heterocycles. The molecule has 0 radical (unpaired) electrons. The third-order valence-electron chi connectivity index (χ3n) is 5.09. The summed E-state index contributed by atoms with van der Waals surface area (Å²) in [6, 6.07) is 30.8. The van der Waals surface area contributed by atoms with Gasteiger partial charge >= 0.3 is 0 Å². The lowest BCUT2D eigenvalue weighted by molar-refractivity contribution is 0.960. The van der Waals surface area contributed by atoms with E-state index in [1.165, 1.54) is 43.1 Å². The van der Waals surface area contributed by atoms with E-state index < -0.39 is 0 Å². The average Bonchev–Trinajstić information content (AvgIpc) is 3.09. The number of benzene rings is 3. The Hall–Kier alpha value is -2.64. The van der Waals surface area contributed by atoms with Crippen molar-refractivity contribution in [3.63, 3.8) is 0 Å². The van der Waals surface area contributed by atoms with Crippen molar-refractivity contribution in [1.29, 1.82) is 0 Å². The van der Waals surface area contributed by atoms with Crippen LogP contribution in [0.2, 0.25) is 0 Å². The SMILES string of the molecule is Cc1ccccc1-c1sc(-c2ccc(CCc3ccccc3)cc2)cc1C. The molecule has 1 heteroatoms. The van der Waals surface area contributed by atoms with E-state index in [0.29, 0.717) is 0 Å². The molecule has 27 heavy (non-hydrogen) atoms. The largest absolute Gasteiger partial charge is 0.135 e. The predicted octanol–water partition coefficient (Wildman–Crippen LogP) is 7.48. The molecule has 3 aromatic carbocycles. The van der Waals surface area contributed by atoms with E-state index in [9.17, 15) is 0 Å². The van der Waals surface area contributed by atoms with Crippen molar-refractivity contribution in [1.82, 2.24) is 0 Å². The van der Waals surface area contributed by atoms with Gasteiger partial charge in [0, 0.05) is 9.75 Å². The second kappa shape index (κ2) is 7.94. The molecule has 0 unspecified atom stereocenters. The minimum absolute atomic E-state index is 1.09. The van der Waals surface area contributed by atoms with E-state index in [1.54, 1.807) is 0 Å². The van der Waals surface area contributed by atoms with Crippen LogP contribution in [0.1, 0.15) is 22.3 Å². The van der Waals surface area contributed by atoms with Gasteiger partial charge in [-0.25, -0.2) is 0 Å². The highest BCUT2D eigenvalue weighted by atomic mass is 32.1. The van der Waals surface area contributed by atoms with Crippen molar-refractivity contribution >= 4 is 11.3 Å². The van der Waals surface area contributed by atoms with Crippen molar-refractivity contribution in [2.75, 3.05) is 0 Å². The molecular formula is C26H24S. The Labute approximate surface area is 166 Å². The Bertz CT molecular complexity index is 1020. The molecule has 0 bridgehead atoms. The lowest BCUT2D eigenvalue weighted by Crippen LogP contribution is -1.90. The molecule has 0 N–H and O–H groups in total. The van der Waals surface area contributed by atoms with E-state index in [4.69, 9.17) is 0 Å². The van der Waals surface area contributed by atoms with Gasteiger partial charge < -0.3 is 0 Å². The minimum atomic E-state index is 1.09. The van der Waals surface area contributed by atoms with Gasteiger partial charge in [0.25, 0.3) is 0 Å². The Balaban J connectivity index is 1.53. The number of rotatable bonds is 5. The third kappa shape index (κ3) is 4.04. The van der Waals surface area contributed by atoms with Crippen molar-refractivity contribution in [3.05, 3.63) is 107 Å². The predicted molar refractivity (Wildman–Crippen MR) is 119 cm³/mol. The van der Waals surface area contributed by atoms with Crippen LogP contribution in [0.4, 0.5) is 0 Å². The van der Waals surface area contributed by atoms with Gasteiger partial charge in [-0.15, -0.1) is 11.3 Å². The zero-order valence-electron chi connectivity index (χ0n) is 15.9. The summed E-state index contributed by atoms with van der Waals surface area (Å²) in [5.74, 6) is 0. The second-order valence-electron chi connectivity index (χ2n) is 7.12. The minimum Gasteiger partial charge on any atom is -0.135 e. The van der Waals surface area contributed by atoms with Crippen molar-refractivity contribution in [3.8, 4) is 20.9 Å². The molecule has 0 aliphatic heterocycles. The molecule has 0 nitrogen and oxygen atoms in total. The molecule has 1 heterocycles. The van der Waals surface area contributed by atoms with Crippen LogP contribution >= 0.6 is 11.3 Å². The first-order valence-corrected chi connectivity index (χ1v) is 10.3. The lowest BCUT2D eigenvalue weighted by Gasteiger charge is -2.04. The first-order valence-electron chi connectivity index (χ1n) is 9.50. The molecule has 0 fully saturated rings. The lowest BCUT2D eigenvalue weighted by atomic mass is 10.0. The maximum absolute atomic E-state index is 2.32. The summed E-state index contributed by atoms with van der Waals surface area (Å²) < 4.78 is 0. The summed E-state index contributed by atoms with van der Waals surface area (Å²) in [6.07, 6.45) is 2.18. The molecule has 4 rings (SSSR count). The van der Waals surface area contributed by atoms with E-state index in [-0.39, 0.29) is 0 Å². The van der Waals surface area contributed by atoms with Crippen LogP contribution in [-0.2, 0) is 12.8 Å². The maximum Gasteiger partial charge on any atom is 0.0381 e. The highest BCUT2D eigenvalue weighted by Gasteiger charge is 2.11. The highest BCUT2D eigenvalue weighted by Crippen LogP contribution is 2.39. The molecule has 134 valence electrons. The molecule has 0 spiro atoms. The van der Waals surface area contributed by atoms with E-state index >= 15 is 0 Å². The summed E-state index contributed by atoms with van der Waals surface area (Å²) in [6.45, 7) is 4.41. The fourth-order valence-corrected chi connectivity index (χ4v) is 4.76. The van der Waals surface area contributed by atoms with Crippen LogP contribution in [0.5, 0.6) is 0 Å².